The van der Waals surface area contributed by atoms with Gasteiger partial charge in [0.15, 0.2) is 0 Å². The Labute approximate surface area is 110 Å². The van der Waals surface area contributed by atoms with E-state index in [9.17, 15) is 10.2 Å². The Balaban J connectivity index is 2.09. The Morgan fingerprint density at radius 2 is 2.00 bits per heavy atom. The quantitative estimate of drug-likeness (QED) is 0.715. The lowest BCUT2D eigenvalue weighted by Crippen LogP contribution is -2.58. The second-order valence-electron chi connectivity index (χ2n) is 7.20. The second-order valence-corrected chi connectivity index (χ2v) is 12.2. The maximum Gasteiger partial charge on any atom is 0.117 e. The zero-order valence-corrected chi connectivity index (χ0v) is 12.7. The minimum atomic E-state index is -1.42. The van der Waals surface area contributed by atoms with Crippen molar-refractivity contribution in [3.63, 3.8) is 0 Å². The largest absolute Gasteiger partial charge is 0.385 e. The zero-order valence-electron chi connectivity index (χ0n) is 11.7. The molecule has 0 aromatic rings. The van der Waals surface area contributed by atoms with Crippen molar-refractivity contribution in [2.45, 2.75) is 63.5 Å². The molecule has 2 nitrogen and oxygen atoms in total. The van der Waals surface area contributed by atoms with Gasteiger partial charge in [-0.25, -0.2) is 0 Å². The molecule has 0 amide bonds. The van der Waals surface area contributed by atoms with Gasteiger partial charge in [-0.2, -0.15) is 0 Å². The van der Waals surface area contributed by atoms with Gasteiger partial charge in [0.25, 0.3) is 0 Å². The Bertz CT molecular complexity index is 444. The Morgan fingerprint density at radius 1 is 1.28 bits per heavy atom. The molecule has 3 aliphatic rings. The molecule has 3 heteroatoms. The molecule has 0 aromatic carbocycles. The fourth-order valence-corrected chi connectivity index (χ4v) is 5.88. The predicted molar refractivity (Wildman–Crippen MR) is 76.0 cm³/mol. The highest BCUT2D eigenvalue weighted by Gasteiger charge is 2.57. The minimum Gasteiger partial charge on any atom is -0.385 e. The van der Waals surface area contributed by atoms with Crippen molar-refractivity contribution >= 4 is 8.07 Å². The van der Waals surface area contributed by atoms with Gasteiger partial charge >= 0.3 is 0 Å². The lowest BCUT2D eigenvalue weighted by Gasteiger charge is -2.52. The van der Waals surface area contributed by atoms with Crippen molar-refractivity contribution in [1.29, 1.82) is 0 Å². The van der Waals surface area contributed by atoms with E-state index in [0.717, 1.165) is 24.8 Å². The van der Waals surface area contributed by atoms with Gasteiger partial charge < -0.3 is 10.2 Å². The fourth-order valence-electron chi connectivity index (χ4n) is 4.07. The van der Waals surface area contributed by atoms with Crippen molar-refractivity contribution in [2.75, 3.05) is 0 Å². The first-order valence-corrected chi connectivity index (χ1v) is 10.7. The van der Waals surface area contributed by atoms with Gasteiger partial charge in [0.2, 0.25) is 0 Å². The topological polar surface area (TPSA) is 40.5 Å². The van der Waals surface area contributed by atoms with Crippen LogP contribution in [0.4, 0.5) is 0 Å². The van der Waals surface area contributed by atoms with Crippen LogP contribution in [0.25, 0.3) is 0 Å². The van der Waals surface area contributed by atoms with Crippen LogP contribution in [0.1, 0.15) is 32.1 Å². The summed E-state index contributed by atoms with van der Waals surface area (Å²) >= 11 is 0. The van der Waals surface area contributed by atoms with Crippen LogP contribution in [0.2, 0.25) is 19.6 Å². The first kappa shape index (κ1) is 12.6. The third-order valence-electron chi connectivity index (χ3n) is 4.96. The molecule has 0 spiro atoms. The number of aliphatic hydroxyl groups excluding tert-OH is 1. The smallest absolute Gasteiger partial charge is 0.117 e. The molecule has 3 aliphatic carbocycles. The molecular formula is C15H24O2Si. The summed E-state index contributed by atoms with van der Waals surface area (Å²) in [4.78, 5) is 0. The van der Waals surface area contributed by atoms with Gasteiger partial charge in [-0.15, -0.1) is 0 Å². The van der Waals surface area contributed by atoms with Gasteiger partial charge in [0.05, 0.1) is 8.07 Å². The van der Waals surface area contributed by atoms with E-state index in [1.807, 2.05) is 0 Å². The highest BCUT2D eigenvalue weighted by Crippen LogP contribution is 2.56. The van der Waals surface area contributed by atoms with E-state index in [1.165, 1.54) is 23.6 Å². The molecule has 18 heavy (non-hydrogen) atoms. The minimum absolute atomic E-state index is 0.496. The number of hydrogen-bond acceptors (Lipinski definition) is 2. The van der Waals surface area contributed by atoms with Crippen LogP contribution in [0.15, 0.2) is 22.4 Å². The van der Waals surface area contributed by atoms with Crippen LogP contribution in [0, 0.1) is 5.92 Å². The summed E-state index contributed by atoms with van der Waals surface area (Å²) in [6.07, 6.45) is 6.99. The maximum atomic E-state index is 10.7. The number of hydrogen-bond donors (Lipinski definition) is 2. The number of allylic oxidation sites excluding steroid dienone is 1. The Hall–Kier alpha value is -0.383. The Morgan fingerprint density at radius 3 is 2.67 bits per heavy atom. The molecule has 1 fully saturated rings. The summed E-state index contributed by atoms with van der Waals surface area (Å²) in [6, 6.07) is 0. The van der Waals surface area contributed by atoms with Gasteiger partial charge in [-0.3, -0.25) is 0 Å². The molecule has 3 atom stereocenters. The average molecular weight is 264 g/mol. The molecule has 0 saturated heterocycles. The van der Waals surface area contributed by atoms with Crippen LogP contribution < -0.4 is 0 Å². The summed E-state index contributed by atoms with van der Waals surface area (Å²) in [5.74, 6) is 0.496. The Kier molecular flexibility index (Phi) is 2.68. The first-order valence-electron chi connectivity index (χ1n) is 7.21. The highest BCUT2D eigenvalue weighted by molar-refractivity contribution is 6.84. The van der Waals surface area contributed by atoms with Gasteiger partial charge in [-0.1, -0.05) is 43.8 Å². The van der Waals surface area contributed by atoms with Crippen molar-refractivity contribution in [3.8, 4) is 0 Å². The van der Waals surface area contributed by atoms with E-state index in [0.29, 0.717) is 5.92 Å². The zero-order chi connectivity index (χ0) is 13.1. The van der Waals surface area contributed by atoms with E-state index in [2.05, 4.69) is 25.7 Å². The van der Waals surface area contributed by atoms with E-state index in [4.69, 9.17) is 0 Å². The second kappa shape index (κ2) is 3.81. The molecule has 2 N–H and O–H groups in total. The standard InChI is InChI=1S/C15H24O2Si/c1-18(2,3)11-8-7-10-6-4-5-9-15(17)13(10)12(11)14(15)16/h8,10,14,16-17H,4-7,9H2,1-3H3/t10-,14-,15+/m0/s1. The number of aliphatic hydroxyl groups is 2. The first-order chi connectivity index (χ1) is 8.36. The van der Waals surface area contributed by atoms with Crippen LogP contribution >= 0.6 is 0 Å². The predicted octanol–water partition coefficient (Wildman–Crippen LogP) is 2.79. The lowest BCUT2D eigenvalue weighted by molar-refractivity contribution is -0.0664. The van der Waals surface area contributed by atoms with Crippen molar-refractivity contribution in [2.24, 2.45) is 5.92 Å². The molecule has 0 aliphatic heterocycles. The van der Waals surface area contributed by atoms with Crippen molar-refractivity contribution in [3.05, 3.63) is 22.4 Å². The monoisotopic (exact) mass is 264 g/mol. The van der Waals surface area contributed by atoms with Crippen molar-refractivity contribution < 1.29 is 10.2 Å². The van der Waals surface area contributed by atoms with E-state index in [-0.39, 0.29) is 0 Å². The van der Waals surface area contributed by atoms with E-state index < -0.39 is 19.8 Å². The molecule has 0 heterocycles. The average Bonchev–Trinajstić information content (AvgIpc) is 2.46. The normalized spacial score (nSPS) is 39.7. The SMILES string of the molecule is C[Si](C)(C)C1=CC[C@@H]2CCCC[C@@]3(O)C2=C1[C@@H]3O. The van der Waals surface area contributed by atoms with E-state index >= 15 is 0 Å². The molecule has 3 rings (SSSR count). The third kappa shape index (κ3) is 1.54. The van der Waals surface area contributed by atoms with Crippen LogP contribution in [-0.4, -0.2) is 30.0 Å². The van der Waals surface area contributed by atoms with E-state index in [1.54, 1.807) is 0 Å². The molecule has 100 valence electrons. The van der Waals surface area contributed by atoms with Gasteiger partial charge in [0, 0.05) is 0 Å². The van der Waals surface area contributed by atoms with Crippen LogP contribution in [-0.2, 0) is 0 Å². The molecule has 0 unspecified atom stereocenters. The lowest BCUT2D eigenvalue weighted by atomic mass is 9.62. The van der Waals surface area contributed by atoms with Gasteiger partial charge in [-0.05, 0) is 36.3 Å². The maximum absolute atomic E-state index is 10.7. The molecule has 1 saturated carbocycles. The van der Waals surface area contributed by atoms with Crippen molar-refractivity contribution in [1.82, 2.24) is 0 Å². The molecular weight excluding hydrogens is 240 g/mol. The number of rotatable bonds is 1. The highest BCUT2D eigenvalue weighted by atomic mass is 28.3. The van der Waals surface area contributed by atoms with Gasteiger partial charge in [0.1, 0.15) is 11.7 Å². The summed E-state index contributed by atoms with van der Waals surface area (Å²) in [5, 5.41) is 22.6. The van der Waals surface area contributed by atoms with Crippen LogP contribution in [0.5, 0.6) is 0 Å². The fraction of sp³-hybridized carbons (Fsp3) is 0.733. The summed E-state index contributed by atoms with van der Waals surface area (Å²) < 4.78 is 0. The third-order valence-corrected chi connectivity index (χ3v) is 7.05. The summed E-state index contributed by atoms with van der Waals surface area (Å²) in [6.45, 7) is 6.98. The summed E-state index contributed by atoms with van der Waals surface area (Å²) in [7, 11) is -1.42. The molecule has 0 radical (unpaired) electrons. The van der Waals surface area contributed by atoms with Crippen LogP contribution in [0.3, 0.4) is 0 Å². The molecule has 0 aromatic heterocycles. The molecule has 0 bridgehead atoms. The summed E-state index contributed by atoms with van der Waals surface area (Å²) in [5.41, 5.74) is 1.47.